The van der Waals surface area contributed by atoms with E-state index >= 15 is 0 Å². The number of aliphatic carboxylic acids is 1. The topological polar surface area (TPSA) is 74.7 Å². The maximum atomic E-state index is 13.2. The van der Waals surface area contributed by atoms with Gasteiger partial charge in [0.05, 0.1) is 4.90 Å². The fourth-order valence-electron chi connectivity index (χ4n) is 1.66. The standard InChI is InChI=1S/C12H16FNO4S/c1-8(2)14(7-12(15)16)19(17,18)11-6-10(13)5-4-9(11)3/h4-6,8H,7H2,1-3H3,(H,15,16). The van der Waals surface area contributed by atoms with Crippen LogP contribution in [0.1, 0.15) is 19.4 Å². The zero-order valence-electron chi connectivity index (χ0n) is 10.9. The molecule has 7 heteroatoms. The Labute approximate surface area is 111 Å². The number of halogens is 1. The Kier molecular flexibility index (Phi) is 4.65. The summed E-state index contributed by atoms with van der Waals surface area (Å²) >= 11 is 0. The average molecular weight is 289 g/mol. The fraction of sp³-hybridized carbons (Fsp3) is 0.417. The van der Waals surface area contributed by atoms with E-state index in [1.165, 1.54) is 13.0 Å². The second-order valence-corrected chi connectivity index (χ2v) is 6.31. The Morgan fingerprint density at radius 2 is 2.00 bits per heavy atom. The van der Waals surface area contributed by atoms with Crippen molar-refractivity contribution in [3.8, 4) is 0 Å². The molecule has 0 aliphatic heterocycles. The number of benzene rings is 1. The van der Waals surface area contributed by atoms with Gasteiger partial charge in [0.15, 0.2) is 0 Å². The normalized spacial score (nSPS) is 12.1. The lowest BCUT2D eigenvalue weighted by atomic mass is 10.2. The minimum absolute atomic E-state index is 0.206. The molecule has 0 aliphatic carbocycles. The number of hydrogen-bond donors (Lipinski definition) is 1. The molecule has 0 saturated carbocycles. The van der Waals surface area contributed by atoms with Gasteiger partial charge in [-0.2, -0.15) is 4.31 Å². The third-order valence-corrected chi connectivity index (χ3v) is 4.77. The third kappa shape index (κ3) is 3.51. The van der Waals surface area contributed by atoms with E-state index in [0.717, 1.165) is 16.4 Å². The number of sulfonamides is 1. The molecule has 0 spiro atoms. The predicted molar refractivity (Wildman–Crippen MR) is 67.8 cm³/mol. The number of carboxylic acids is 1. The van der Waals surface area contributed by atoms with E-state index < -0.39 is 34.4 Å². The Hall–Kier alpha value is -1.47. The van der Waals surface area contributed by atoms with Gasteiger partial charge in [-0.1, -0.05) is 6.07 Å². The summed E-state index contributed by atoms with van der Waals surface area (Å²) in [5, 5.41) is 8.79. The van der Waals surface area contributed by atoms with Gasteiger partial charge in [0.25, 0.3) is 0 Å². The SMILES string of the molecule is Cc1ccc(F)cc1S(=O)(=O)N(CC(=O)O)C(C)C. The monoisotopic (exact) mass is 289 g/mol. The first-order valence-corrected chi connectivity index (χ1v) is 7.10. The van der Waals surface area contributed by atoms with Gasteiger partial charge >= 0.3 is 5.97 Å². The molecule has 0 radical (unpaired) electrons. The molecule has 0 aromatic heterocycles. The van der Waals surface area contributed by atoms with Crippen LogP contribution in [0.2, 0.25) is 0 Å². The van der Waals surface area contributed by atoms with E-state index in [-0.39, 0.29) is 4.90 Å². The van der Waals surface area contributed by atoms with E-state index in [0.29, 0.717) is 5.56 Å². The molecule has 5 nitrogen and oxygen atoms in total. The number of hydrogen-bond acceptors (Lipinski definition) is 3. The van der Waals surface area contributed by atoms with Gasteiger partial charge in [-0.05, 0) is 38.5 Å². The Morgan fingerprint density at radius 1 is 1.42 bits per heavy atom. The van der Waals surface area contributed by atoms with Crippen molar-refractivity contribution in [3.63, 3.8) is 0 Å². The summed E-state index contributed by atoms with van der Waals surface area (Å²) in [5.74, 6) is -1.94. The van der Waals surface area contributed by atoms with Crippen LogP contribution in [0.15, 0.2) is 23.1 Å². The van der Waals surface area contributed by atoms with Crippen LogP contribution in [-0.4, -0.2) is 36.4 Å². The van der Waals surface area contributed by atoms with E-state index in [4.69, 9.17) is 5.11 Å². The Morgan fingerprint density at radius 3 is 2.47 bits per heavy atom. The van der Waals surface area contributed by atoms with Crippen LogP contribution in [-0.2, 0) is 14.8 Å². The van der Waals surface area contributed by atoms with Gasteiger partial charge < -0.3 is 5.11 Å². The third-order valence-electron chi connectivity index (χ3n) is 2.60. The Balaban J connectivity index is 3.34. The molecule has 0 unspecified atom stereocenters. The van der Waals surface area contributed by atoms with Crippen LogP contribution in [0.4, 0.5) is 4.39 Å². The van der Waals surface area contributed by atoms with Crippen LogP contribution in [0.25, 0.3) is 0 Å². The highest BCUT2D eigenvalue weighted by Gasteiger charge is 2.30. The molecular formula is C12H16FNO4S. The highest BCUT2D eigenvalue weighted by molar-refractivity contribution is 7.89. The van der Waals surface area contributed by atoms with Crippen LogP contribution in [0.5, 0.6) is 0 Å². The molecule has 1 aromatic carbocycles. The number of rotatable bonds is 5. The van der Waals surface area contributed by atoms with Gasteiger partial charge in [-0.3, -0.25) is 4.79 Å². The molecule has 1 aromatic rings. The average Bonchev–Trinajstić information content (AvgIpc) is 2.28. The summed E-state index contributed by atoms with van der Waals surface area (Å²) in [6, 6.07) is 2.87. The summed E-state index contributed by atoms with van der Waals surface area (Å²) in [6.45, 7) is 4.01. The molecule has 19 heavy (non-hydrogen) atoms. The highest BCUT2D eigenvalue weighted by Crippen LogP contribution is 2.22. The lowest BCUT2D eigenvalue weighted by Crippen LogP contribution is -2.40. The second-order valence-electron chi connectivity index (χ2n) is 4.45. The molecule has 0 aliphatic rings. The second kappa shape index (κ2) is 5.66. The number of aryl methyl sites for hydroxylation is 1. The molecule has 106 valence electrons. The summed E-state index contributed by atoms with van der Waals surface area (Å²) < 4.78 is 38.8. The van der Waals surface area contributed by atoms with Crippen LogP contribution in [0, 0.1) is 12.7 Å². The van der Waals surface area contributed by atoms with Gasteiger partial charge in [-0.15, -0.1) is 0 Å². The van der Waals surface area contributed by atoms with Crippen molar-refractivity contribution < 1.29 is 22.7 Å². The number of nitrogens with zero attached hydrogens (tertiary/aromatic N) is 1. The van der Waals surface area contributed by atoms with Gasteiger partial charge in [0, 0.05) is 6.04 Å². The van der Waals surface area contributed by atoms with Gasteiger partial charge in [-0.25, -0.2) is 12.8 Å². The summed E-state index contributed by atoms with van der Waals surface area (Å²) in [7, 11) is -4.04. The van der Waals surface area contributed by atoms with Crippen molar-refractivity contribution in [2.24, 2.45) is 0 Å². The zero-order valence-corrected chi connectivity index (χ0v) is 11.7. The highest BCUT2D eigenvalue weighted by atomic mass is 32.2. The first-order valence-electron chi connectivity index (χ1n) is 5.66. The van der Waals surface area contributed by atoms with E-state index in [1.54, 1.807) is 13.8 Å². The van der Waals surface area contributed by atoms with Gasteiger partial charge in [0.2, 0.25) is 10.0 Å². The Bertz CT molecular complexity index is 583. The number of carboxylic acid groups (broad SMARTS) is 1. The van der Waals surface area contributed by atoms with Crippen molar-refractivity contribution in [1.82, 2.24) is 4.31 Å². The quantitative estimate of drug-likeness (QED) is 0.893. The summed E-state index contributed by atoms with van der Waals surface area (Å²) in [5.41, 5.74) is 0.373. The smallest absolute Gasteiger partial charge is 0.318 e. The van der Waals surface area contributed by atoms with Gasteiger partial charge in [0.1, 0.15) is 12.4 Å². The lowest BCUT2D eigenvalue weighted by Gasteiger charge is -2.24. The molecule has 1 N–H and O–H groups in total. The van der Waals surface area contributed by atoms with E-state index in [9.17, 15) is 17.6 Å². The lowest BCUT2D eigenvalue weighted by molar-refractivity contribution is -0.137. The fourth-order valence-corrected chi connectivity index (χ4v) is 3.48. The van der Waals surface area contributed by atoms with Crippen LogP contribution in [0.3, 0.4) is 0 Å². The molecule has 1 rings (SSSR count). The molecule has 0 saturated heterocycles. The van der Waals surface area contributed by atoms with Crippen LogP contribution >= 0.6 is 0 Å². The largest absolute Gasteiger partial charge is 0.480 e. The van der Waals surface area contributed by atoms with Crippen molar-refractivity contribution in [2.75, 3.05) is 6.54 Å². The first kappa shape index (κ1) is 15.6. The maximum absolute atomic E-state index is 13.2. The first-order chi connectivity index (χ1) is 8.66. The number of carbonyl (C=O) groups is 1. The van der Waals surface area contributed by atoms with E-state index in [1.807, 2.05) is 0 Å². The van der Waals surface area contributed by atoms with Crippen molar-refractivity contribution >= 4 is 16.0 Å². The minimum atomic E-state index is -4.04. The summed E-state index contributed by atoms with van der Waals surface area (Å²) in [6.07, 6.45) is 0. The molecule has 0 bridgehead atoms. The molecule has 0 fully saturated rings. The van der Waals surface area contributed by atoms with Crippen molar-refractivity contribution in [2.45, 2.75) is 31.7 Å². The molecular weight excluding hydrogens is 273 g/mol. The van der Waals surface area contributed by atoms with Crippen molar-refractivity contribution in [1.29, 1.82) is 0 Å². The van der Waals surface area contributed by atoms with Crippen LogP contribution < -0.4 is 0 Å². The minimum Gasteiger partial charge on any atom is -0.480 e. The van der Waals surface area contributed by atoms with Crippen molar-refractivity contribution in [3.05, 3.63) is 29.6 Å². The predicted octanol–water partition coefficient (Wildman–Crippen LogP) is 1.62. The molecule has 0 heterocycles. The molecule has 0 atom stereocenters. The molecule has 0 amide bonds. The zero-order chi connectivity index (χ0) is 14.8. The van der Waals surface area contributed by atoms with E-state index in [2.05, 4.69) is 0 Å². The summed E-state index contributed by atoms with van der Waals surface area (Å²) in [4.78, 5) is 10.6. The maximum Gasteiger partial charge on any atom is 0.318 e.